The smallest absolute Gasteiger partial charge is 0.150 e. The number of hydrogen-bond acceptors (Lipinski definition) is 1. The third-order valence-electron chi connectivity index (χ3n) is 1.56. The van der Waals surface area contributed by atoms with E-state index in [2.05, 4.69) is 0 Å². The zero-order chi connectivity index (χ0) is 8.43. The Balaban J connectivity index is 3.36. The Hall–Kier alpha value is -1.11. The fourth-order valence-corrected chi connectivity index (χ4v) is 0.765. The summed E-state index contributed by atoms with van der Waals surface area (Å²) in [6.45, 7) is 3.78. The SMILES string of the molecule is [2H]c1c(C=O)ccc(C)c1C. The Kier molecular flexibility index (Phi) is 1.50. The van der Waals surface area contributed by atoms with Crippen molar-refractivity contribution in [2.45, 2.75) is 13.8 Å². The van der Waals surface area contributed by atoms with Gasteiger partial charge in [0.25, 0.3) is 0 Å². The maximum Gasteiger partial charge on any atom is 0.150 e. The molecule has 0 radical (unpaired) electrons. The van der Waals surface area contributed by atoms with Crippen molar-refractivity contribution in [2.24, 2.45) is 0 Å². The molecule has 0 aromatic heterocycles. The molecule has 0 amide bonds. The molecule has 0 unspecified atom stereocenters. The molecule has 1 aromatic carbocycles. The van der Waals surface area contributed by atoms with Crippen molar-refractivity contribution in [2.75, 3.05) is 0 Å². The number of benzene rings is 1. The van der Waals surface area contributed by atoms with Crippen LogP contribution in [0.25, 0.3) is 0 Å². The van der Waals surface area contributed by atoms with Crippen LogP contribution in [0.15, 0.2) is 18.2 Å². The molecule has 0 heterocycles. The van der Waals surface area contributed by atoms with Gasteiger partial charge in [-0.25, -0.2) is 0 Å². The van der Waals surface area contributed by atoms with Gasteiger partial charge in [0.1, 0.15) is 6.29 Å². The lowest BCUT2D eigenvalue weighted by Crippen LogP contribution is -1.84. The van der Waals surface area contributed by atoms with Crippen LogP contribution in [0.4, 0.5) is 0 Å². The number of rotatable bonds is 1. The van der Waals surface area contributed by atoms with Gasteiger partial charge in [-0.1, -0.05) is 12.1 Å². The topological polar surface area (TPSA) is 17.1 Å². The normalized spacial score (nSPS) is 10.8. The summed E-state index contributed by atoms with van der Waals surface area (Å²) in [6, 6.07) is 3.88. The number of aldehydes is 1. The van der Waals surface area contributed by atoms with Gasteiger partial charge in [0, 0.05) is 5.56 Å². The van der Waals surface area contributed by atoms with E-state index in [1.54, 1.807) is 6.07 Å². The molecule has 1 nitrogen and oxygen atoms in total. The molecule has 1 rings (SSSR count). The highest BCUT2D eigenvalue weighted by atomic mass is 16.1. The minimum atomic E-state index is 0.347. The van der Waals surface area contributed by atoms with Gasteiger partial charge in [-0.3, -0.25) is 4.79 Å². The predicted octanol–water partition coefficient (Wildman–Crippen LogP) is 2.12. The molecule has 10 heavy (non-hydrogen) atoms. The minimum absolute atomic E-state index is 0.347. The van der Waals surface area contributed by atoms with Gasteiger partial charge in [0.15, 0.2) is 0 Å². The number of hydrogen-bond donors (Lipinski definition) is 0. The largest absolute Gasteiger partial charge is 0.298 e. The third kappa shape index (κ3) is 1.24. The van der Waals surface area contributed by atoms with Crippen LogP contribution in [-0.2, 0) is 0 Å². The first kappa shape index (κ1) is 5.66. The van der Waals surface area contributed by atoms with Crippen LogP contribution in [0.3, 0.4) is 0 Å². The first-order valence-electron chi connectivity index (χ1n) is 3.69. The molecule has 1 heteroatoms. The predicted molar refractivity (Wildman–Crippen MR) is 41.3 cm³/mol. The maximum absolute atomic E-state index is 10.4. The van der Waals surface area contributed by atoms with Crippen LogP contribution in [0.1, 0.15) is 22.9 Å². The standard InChI is InChI=1S/C9H10O/c1-7-3-4-9(6-10)5-8(7)2/h3-6H,1-2H3/i5D. The van der Waals surface area contributed by atoms with Crippen LogP contribution in [0.2, 0.25) is 0 Å². The summed E-state index contributed by atoms with van der Waals surface area (Å²) in [4.78, 5) is 10.4. The molecule has 0 aliphatic carbocycles. The van der Waals surface area contributed by atoms with Crippen LogP contribution in [-0.4, -0.2) is 6.29 Å². The van der Waals surface area contributed by atoms with Gasteiger partial charge in [0.2, 0.25) is 0 Å². The fourth-order valence-electron chi connectivity index (χ4n) is 0.765. The Morgan fingerprint density at radius 1 is 1.40 bits per heavy atom. The molecule has 1 aromatic rings. The van der Waals surface area contributed by atoms with Crippen molar-refractivity contribution in [3.63, 3.8) is 0 Å². The molecule has 0 aliphatic rings. The van der Waals surface area contributed by atoms with Gasteiger partial charge in [-0.2, -0.15) is 0 Å². The molecule has 0 atom stereocenters. The Bertz CT molecular complexity index is 292. The number of carbonyl (C=O) groups excluding carboxylic acids is 1. The quantitative estimate of drug-likeness (QED) is 0.539. The van der Waals surface area contributed by atoms with Gasteiger partial charge in [-0.15, -0.1) is 0 Å². The molecule has 0 aliphatic heterocycles. The fraction of sp³-hybridized carbons (Fsp3) is 0.222. The lowest BCUT2D eigenvalue weighted by molar-refractivity contribution is 0.112. The summed E-state index contributed by atoms with van der Waals surface area (Å²) in [7, 11) is 0. The van der Waals surface area contributed by atoms with E-state index in [1.165, 1.54) is 0 Å². The average molecular weight is 135 g/mol. The number of carbonyl (C=O) groups is 1. The Labute approximate surface area is 62.1 Å². The molecule has 0 saturated heterocycles. The van der Waals surface area contributed by atoms with Crippen LogP contribution in [0.5, 0.6) is 0 Å². The summed E-state index contributed by atoms with van der Waals surface area (Å²) in [5, 5.41) is 0. The molecular weight excluding hydrogens is 124 g/mol. The molecule has 0 N–H and O–H groups in total. The van der Waals surface area contributed by atoms with Crippen LogP contribution < -0.4 is 0 Å². The zero-order valence-electron chi connectivity index (χ0n) is 7.14. The van der Waals surface area contributed by atoms with Crippen molar-refractivity contribution < 1.29 is 6.17 Å². The van der Waals surface area contributed by atoms with E-state index in [0.717, 1.165) is 17.4 Å². The Morgan fingerprint density at radius 3 is 2.70 bits per heavy atom. The lowest BCUT2D eigenvalue weighted by atomic mass is 10.1. The molecule has 0 saturated carbocycles. The summed E-state index contributed by atoms with van der Waals surface area (Å²) in [5.41, 5.74) is 2.41. The average Bonchev–Trinajstić information content (AvgIpc) is 2.01. The molecule has 0 spiro atoms. The second kappa shape index (κ2) is 2.65. The van der Waals surface area contributed by atoms with E-state index in [4.69, 9.17) is 1.37 Å². The van der Waals surface area contributed by atoms with E-state index < -0.39 is 0 Å². The zero-order valence-corrected chi connectivity index (χ0v) is 6.14. The summed E-state index contributed by atoms with van der Waals surface area (Å²) >= 11 is 0. The minimum Gasteiger partial charge on any atom is -0.298 e. The van der Waals surface area contributed by atoms with Crippen LogP contribution >= 0.6 is 0 Å². The highest BCUT2D eigenvalue weighted by Gasteiger charge is 1.92. The summed E-state index contributed by atoms with van der Waals surface area (Å²) < 4.78 is 7.50. The van der Waals surface area contributed by atoms with Crippen molar-refractivity contribution in [1.82, 2.24) is 0 Å². The molecular formula is C9H10O. The summed E-state index contributed by atoms with van der Waals surface area (Å²) in [6.07, 6.45) is 0.717. The maximum atomic E-state index is 10.4. The molecule has 0 fully saturated rings. The Morgan fingerprint density at radius 2 is 2.10 bits per heavy atom. The second-order valence-electron chi connectivity index (χ2n) is 2.34. The van der Waals surface area contributed by atoms with Crippen molar-refractivity contribution in [3.8, 4) is 0 Å². The van der Waals surface area contributed by atoms with Crippen molar-refractivity contribution in [3.05, 3.63) is 34.9 Å². The third-order valence-corrected chi connectivity index (χ3v) is 1.56. The highest BCUT2D eigenvalue weighted by molar-refractivity contribution is 5.75. The second-order valence-corrected chi connectivity index (χ2v) is 2.34. The van der Waals surface area contributed by atoms with Gasteiger partial charge in [-0.05, 0) is 31.0 Å². The first-order valence-corrected chi connectivity index (χ1v) is 3.19. The van der Waals surface area contributed by atoms with Crippen molar-refractivity contribution in [1.29, 1.82) is 0 Å². The highest BCUT2D eigenvalue weighted by Crippen LogP contribution is 2.07. The first-order chi connectivity index (χ1) is 5.16. The monoisotopic (exact) mass is 135 g/mol. The van der Waals surface area contributed by atoms with E-state index in [1.807, 2.05) is 19.9 Å². The van der Waals surface area contributed by atoms with E-state index in [9.17, 15) is 4.79 Å². The molecule has 52 valence electrons. The van der Waals surface area contributed by atoms with Gasteiger partial charge >= 0.3 is 0 Å². The summed E-state index contributed by atoms with van der Waals surface area (Å²) in [5.74, 6) is 0. The number of aryl methyl sites for hydroxylation is 1. The molecule has 0 bridgehead atoms. The van der Waals surface area contributed by atoms with Crippen molar-refractivity contribution >= 4 is 6.29 Å². The van der Waals surface area contributed by atoms with Gasteiger partial charge in [0.05, 0.1) is 1.37 Å². The van der Waals surface area contributed by atoms with Gasteiger partial charge < -0.3 is 0 Å². The lowest BCUT2D eigenvalue weighted by Gasteiger charge is -1.97. The van der Waals surface area contributed by atoms with E-state index in [-0.39, 0.29) is 0 Å². The van der Waals surface area contributed by atoms with E-state index in [0.29, 0.717) is 11.6 Å². The van der Waals surface area contributed by atoms with Crippen LogP contribution in [0, 0.1) is 13.8 Å². The van der Waals surface area contributed by atoms with E-state index >= 15 is 0 Å².